The van der Waals surface area contributed by atoms with Gasteiger partial charge in [-0.25, -0.2) is 4.79 Å². The Hall–Kier alpha value is -2.65. The van der Waals surface area contributed by atoms with E-state index in [1.807, 2.05) is 13.8 Å². The molecule has 0 aromatic rings. The van der Waals surface area contributed by atoms with E-state index in [1.165, 1.54) is 0 Å². The fourth-order valence-corrected chi connectivity index (χ4v) is 3.64. The third-order valence-corrected chi connectivity index (χ3v) is 5.05. The van der Waals surface area contributed by atoms with Gasteiger partial charge in [-0.3, -0.25) is 24.1 Å². The molecule has 0 aromatic carbocycles. The minimum atomic E-state index is -1.25. The van der Waals surface area contributed by atoms with Crippen molar-refractivity contribution in [2.75, 3.05) is 0 Å². The molecule has 3 atom stereocenters. The van der Waals surface area contributed by atoms with Crippen LogP contribution in [0.1, 0.15) is 81.6 Å². The predicted octanol–water partition coefficient (Wildman–Crippen LogP) is 2.05. The summed E-state index contributed by atoms with van der Waals surface area (Å²) in [6, 6.07) is -3.20. The Balaban J connectivity index is 6.04. The second kappa shape index (κ2) is 12.0. The van der Waals surface area contributed by atoms with E-state index in [1.54, 1.807) is 48.5 Å². The molecule has 0 saturated heterocycles. The summed E-state index contributed by atoms with van der Waals surface area (Å²) in [7, 11) is 0. The summed E-state index contributed by atoms with van der Waals surface area (Å²) >= 11 is 0. The topological polar surface area (TPSA) is 159 Å². The van der Waals surface area contributed by atoms with Crippen molar-refractivity contribution in [1.29, 1.82) is 0 Å². The third-order valence-electron chi connectivity index (χ3n) is 5.05. The SMILES string of the molecule is CCCC(NC(=O)[C@H](CC(C)C)NC(=O)C(N(C(=O)O)C(C)(C)C)C(C)(C)C)C(=O)C(N)=O. The fraction of sp³-hybridized carbons (Fsp3) is 0.783. The van der Waals surface area contributed by atoms with Gasteiger partial charge in [0.15, 0.2) is 0 Å². The van der Waals surface area contributed by atoms with E-state index in [2.05, 4.69) is 10.6 Å². The number of rotatable bonds is 11. The van der Waals surface area contributed by atoms with Gasteiger partial charge in [-0.2, -0.15) is 0 Å². The molecule has 33 heavy (non-hydrogen) atoms. The maximum atomic E-state index is 13.4. The molecule has 2 unspecified atom stereocenters. The quantitative estimate of drug-likeness (QED) is 0.338. The van der Waals surface area contributed by atoms with Crippen molar-refractivity contribution in [2.45, 2.75) is 105 Å². The molecule has 0 aliphatic carbocycles. The molecule has 5 N–H and O–H groups in total. The zero-order valence-electron chi connectivity index (χ0n) is 21.4. The van der Waals surface area contributed by atoms with Crippen molar-refractivity contribution < 1.29 is 29.1 Å². The molecule has 10 heteroatoms. The number of ketones is 1. The van der Waals surface area contributed by atoms with E-state index in [9.17, 15) is 29.1 Å². The molecular formula is C23H42N4O6. The average molecular weight is 471 g/mol. The van der Waals surface area contributed by atoms with E-state index in [0.717, 1.165) is 4.90 Å². The van der Waals surface area contributed by atoms with Gasteiger partial charge in [0.1, 0.15) is 12.1 Å². The summed E-state index contributed by atoms with van der Waals surface area (Å²) in [6.07, 6.45) is -0.258. The van der Waals surface area contributed by atoms with Crippen LogP contribution < -0.4 is 16.4 Å². The summed E-state index contributed by atoms with van der Waals surface area (Å²) in [6.45, 7) is 15.8. The molecule has 0 heterocycles. The summed E-state index contributed by atoms with van der Waals surface area (Å²) < 4.78 is 0. The van der Waals surface area contributed by atoms with Gasteiger partial charge in [-0.05, 0) is 44.9 Å². The van der Waals surface area contributed by atoms with Gasteiger partial charge in [0, 0.05) is 5.54 Å². The number of carbonyl (C=O) groups excluding carboxylic acids is 4. The van der Waals surface area contributed by atoms with Gasteiger partial charge >= 0.3 is 6.09 Å². The number of nitrogens with one attached hydrogen (secondary N) is 2. The number of primary amides is 1. The van der Waals surface area contributed by atoms with Crippen LogP contribution in [0.3, 0.4) is 0 Å². The number of carbonyl (C=O) groups is 5. The van der Waals surface area contributed by atoms with Crippen LogP contribution in [0.15, 0.2) is 0 Å². The van der Waals surface area contributed by atoms with Crippen LogP contribution in [0, 0.1) is 11.3 Å². The molecule has 0 aliphatic heterocycles. The van der Waals surface area contributed by atoms with Crippen molar-refractivity contribution in [3.63, 3.8) is 0 Å². The number of amides is 4. The van der Waals surface area contributed by atoms with Crippen LogP contribution in [0.5, 0.6) is 0 Å². The van der Waals surface area contributed by atoms with Gasteiger partial charge in [0.2, 0.25) is 17.6 Å². The molecular weight excluding hydrogens is 428 g/mol. The molecule has 190 valence electrons. The summed E-state index contributed by atoms with van der Waals surface area (Å²) in [5, 5.41) is 15.1. The Morgan fingerprint density at radius 3 is 1.73 bits per heavy atom. The Morgan fingerprint density at radius 2 is 1.39 bits per heavy atom. The molecule has 0 radical (unpaired) electrons. The minimum Gasteiger partial charge on any atom is -0.465 e. The largest absolute Gasteiger partial charge is 0.465 e. The first-order chi connectivity index (χ1) is 14.8. The van der Waals surface area contributed by atoms with Crippen LogP contribution in [0.4, 0.5) is 4.79 Å². The lowest BCUT2D eigenvalue weighted by Crippen LogP contribution is -2.63. The summed E-state index contributed by atoms with van der Waals surface area (Å²) in [4.78, 5) is 63.0. The smallest absolute Gasteiger partial charge is 0.408 e. The molecule has 0 aliphatic rings. The van der Waals surface area contributed by atoms with Gasteiger partial charge in [-0.1, -0.05) is 48.0 Å². The number of Topliss-reactive ketones (excluding diaryl/α,β-unsaturated/α-hetero) is 1. The van der Waals surface area contributed by atoms with Crippen LogP contribution in [0.2, 0.25) is 0 Å². The van der Waals surface area contributed by atoms with E-state index in [0.29, 0.717) is 6.42 Å². The standard InChI is InChI=1S/C23H42N4O6/c1-10-11-14(16(28)18(24)29)25-19(30)15(12-13(2)3)26-20(31)17(22(4,5)6)27(21(32)33)23(7,8)9/h13-15,17H,10-12H2,1-9H3,(H2,24,29)(H,25,30)(H,26,31)(H,32,33)/t14?,15-,17?/m0/s1. The highest BCUT2D eigenvalue weighted by Crippen LogP contribution is 2.30. The maximum Gasteiger partial charge on any atom is 0.408 e. The molecule has 4 amide bonds. The van der Waals surface area contributed by atoms with Crippen LogP contribution in [-0.4, -0.2) is 63.3 Å². The average Bonchev–Trinajstić information content (AvgIpc) is 2.61. The van der Waals surface area contributed by atoms with Crippen LogP contribution >= 0.6 is 0 Å². The van der Waals surface area contributed by atoms with Crippen molar-refractivity contribution >= 4 is 29.6 Å². The van der Waals surface area contributed by atoms with E-state index >= 15 is 0 Å². The predicted molar refractivity (Wildman–Crippen MR) is 125 cm³/mol. The Kier molecular flexibility index (Phi) is 11.0. The van der Waals surface area contributed by atoms with Gasteiger partial charge in [0.05, 0.1) is 6.04 Å². The number of hydrogen-bond acceptors (Lipinski definition) is 5. The highest BCUT2D eigenvalue weighted by atomic mass is 16.4. The molecule has 0 fully saturated rings. The summed E-state index contributed by atoms with van der Waals surface area (Å²) in [5.74, 6) is -3.29. The van der Waals surface area contributed by atoms with Gasteiger partial charge < -0.3 is 21.5 Å². The normalized spacial score (nSPS) is 14.7. The van der Waals surface area contributed by atoms with E-state index in [-0.39, 0.29) is 18.8 Å². The van der Waals surface area contributed by atoms with Crippen LogP contribution in [0.25, 0.3) is 0 Å². The van der Waals surface area contributed by atoms with Crippen molar-refractivity contribution in [3.8, 4) is 0 Å². The molecule has 0 aromatic heterocycles. The first kappa shape index (κ1) is 30.4. The number of hydrogen-bond donors (Lipinski definition) is 4. The first-order valence-corrected chi connectivity index (χ1v) is 11.3. The molecule has 0 bridgehead atoms. The van der Waals surface area contributed by atoms with Gasteiger partial charge in [-0.15, -0.1) is 0 Å². The minimum absolute atomic E-state index is 0.00352. The molecule has 0 rings (SSSR count). The lowest BCUT2D eigenvalue weighted by Gasteiger charge is -2.44. The third kappa shape index (κ3) is 9.39. The Morgan fingerprint density at radius 1 is 0.909 bits per heavy atom. The summed E-state index contributed by atoms with van der Waals surface area (Å²) in [5.41, 5.74) is 3.45. The molecule has 0 saturated carbocycles. The molecule has 10 nitrogen and oxygen atoms in total. The molecule has 0 spiro atoms. The lowest BCUT2D eigenvalue weighted by molar-refractivity contribution is -0.140. The van der Waals surface area contributed by atoms with Gasteiger partial charge in [0.25, 0.3) is 5.91 Å². The maximum absolute atomic E-state index is 13.4. The monoisotopic (exact) mass is 470 g/mol. The zero-order chi connectivity index (χ0) is 26.3. The second-order valence-electron chi connectivity index (χ2n) is 10.9. The Bertz CT molecular complexity index is 736. The second-order valence-corrected chi connectivity index (χ2v) is 10.9. The van der Waals surface area contributed by atoms with Crippen molar-refractivity contribution in [1.82, 2.24) is 15.5 Å². The van der Waals surface area contributed by atoms with Crippen molar-refractivity contribution in [2.24, 2.45) is 17.1 Å². The number of carboxylic acid groups (broad SMARTS) is 1. The highest BCUT2D eigenvalue weighted by molar-refractivity contribution is 6.37. The van der Waals surface area contributed by atoms with E-state index < -0.39 is 58.7 Å². The van der Waals surface area contributed by atoms with E-state index in [4.69, 9.17) is 5.73 Å². The lowest BCUT2D eigenvalue weighted by atomic mass is 9.82. The Labute approximate surface area is 197 Å². The highest BCUT2D eigenvalue weighted by Gasteiger charge is 2.45. The van der Waals surface area contributed by atoms with Crippen LogP contribution in [-0.2, 0) is 19.2 Å². The fourth-order valence-electron chi connectivity index (χ4n) is 3.64. The number of nitrogens with two attached hydrogens (primary N) is 1. The van der Waals surface area contributed by atoms with Crippen molar-refractivity contribution in [3.05, 3.63) is 0 Å². The first-order valence-electron chi connectivity index (χ1n) is 11.3. The zero-order valence-corrected chi connectivity index (χ0v) is 21.4. The number of nitrogens with zero attached hydrogens (tertiary/aromatic N) is 1.